The van der Waals surface area contributed by atoms with E-state index in [-0.39, 0.29) is 32.5 Å². The van der Waals surface area contributed by atoms with E-state index in [0.29, 0.717) is 31.9 Å². The van der Waals surface area contributed by atoms with E-state index >= 15 is 0 Å². The second-order valence-electron chi connectivity index (χ2n) is 6.07. The number of benzene rings is 1. The standard InChI is InChI=1S/C17H15ClN4O5S2/c18-12-3-1-2-4-13(12)21-29(24,25)14-9-11(10-28-14)15-19-16(27-20-15)17(23)22-5-7-26-8-6-22/h1-4,9-10,21H,5-8H2. The number of ether oxygens (including phenoxy) is 1. The van der Waals surface area contributed by atoms with Crippen molar-refractivity contribution >= 4 is 44.6 Å². The number of amides is 1. The molecule has 0 atom stereocenters. The first kappa shape index (κ1) is 19.8. The number of nitrogens with one attached hydrogen (secondary N) is 1. The van der Waals surface area contributed by atoms with Crippen LogP contribution in [0.2, 0.25) is 5.02 Å². The van der Waals surface area contributed by atoms with Crippen molar-refractivity contribution in [3.05, 3.63) is 46.6 Å². The lowest BCUT2D eigenvalue weighted by molar-refractivity contribution is 0.0272. The molecule has 0 spiro atoms. The first-order chi connectivity index (χ1) is 13.9. The number of hydrogen-bond donors (Lipinski definition) is 1. The fourth-order valence-electron chi connectivity index (χ4n) is 2.64. The first-order valence-corrected chi connectivity index (χ1v) is 11.2. The van der Waals surface area contributed by atoms with Gasteiger partial charge in [-0.15, -0.1) is 11.3 Å². The molecule has 0 radical (unpaired) electrons. The van der Waals surface area contributed by atoms with Gasteiger partial charge in [-0.25, -0.2) is 8.42 Å². The number of aromatic nitrogens is 2. The topological polar surface area (TPSA) is 115 Å². The van der Waals surface area contributed by atoms with Gasteiger partial charge in [0.1, 0.15) is 4.21 Å². The first-order valence-electron chi connectivity index (χ1n) is 8.51. The molecule has 3 aromatic rings. The van der Waals surface area contributed by atoms with Crippen LogP contribution >= 0.6 is 22.9 Å². The third kappa shape index (κ3) is 4.27. The quantitative estimate of drug-likeness (QED) is 0.630. The fourth-order valence-corrected chi connectivity index (χ4v) is 5.12. The molecule has 152 valence electrons. The van der Waals surface area contributed by atoms with Crippen molar-refractivity contribution in [2.75, 3.05) is 31.0 Å². The molecule has 0 saturated carbocycles. The lowest BCUT2D eigenvalue weighted by Gasteiger charge is -2.25. The predicted molar refractivity (Wildman–Crippen MR) is 107 cm³/mol. The summed E-state index contributed by atoms with van der Waals surface area (Å²) in [5.41, 5.74) is 0.710. The van der Waals surface area contributed by atoms with E-state index in [9.17, 15) is 13.2 Å². The van der Waals surface area contributed by atoms with E-state index in [1.807, 2.05) is 0 Å². The molecular formula is C17H15ClN4O5S2. The normalized spacial score (nSPS) is 14.7. The van der Waals surface area contributed by atoms with Crippen LogP contribution in [-0.4, -0.2) is 55.7 Å². The van der Waals surface area contributed by atoms with Crippen LogP contribution in [0.4, 0.5) is 5.69 Å². The predicted octanol–water partition coefficient (Wildman–Crippen LogP) is 2.72. The summed E-state index contributed by atoms with van der Waals surface area (Å²) in [5, 5.41) is 5.67. The Morgan fingerprint density at radius 1 is 1.24 bits per heavy atom. The Morgan fingerprint density at radius 2 is 2.00 bits per heavy atom. The summed E-state index contributed by atoms with van der Waals surface area (Å²) in [5.74, 6) is -0.390. The maximum atomic E-state index is 12.6. The van der Waals surface area contributed by atoms with Crippen LogP contribution in [0.5, 0.6) is 0 Å². The van der Waals surface area contributed by atoms with Crippen molar-refractivity contribution in [3.63, 3.8) is 0 Å². The number of thiophene rings is 1. The second kappa shape index (κ2) is 8.11. The monoisotopic (exact) mass is 454 g/mol. The highest BCUT2D eigenvalue weighted by Crippen LogP contribution is 2.30. The van der Waals surface area contributed by atoms with E-state index < -0.39 is 10.0 Å². The van der Waals surface area contributed by atoms with Crippen molar-refractivity contribution in [2.45, 2.75) is 4.21 Å². The van der Waals surface area contributed by atoms with Gasteiger partial charge in [0, 0.05) is 24.0 Å². The molecule has 0 bridgehead atoms. The van der Waals surface area contributed by atoms with Crippen LogP contribution in [0.1, 0.15) is 10.7 Å². The van der Waals surface area contributed by atoms with Gasteiger partial charge in [-0.2, -0.15) is 4.98 Å². The molecule has 12 heteroatoms. The molecule has 2 aromatic heterocycles. The molecule has 29 heavy (non-hydrogen) atoms. The number of para-hydroxylation sites is 1. The summed E-state index contributed by atoms with van der Waals surface area (Å²) in [7, 11) is -3.84. The van der Waals surface area contributed by atoms with Crippen molar-refractivity contribution in [3.8, 4) is 11.4 Å². The van der Waals surface area contributed by atoms with Gasteiger partial charge in [-0.1, -0.05) is 28.9 Å². The molecule has 1 amide bonds. The van der Waals surface area contributed by atoms with Crippen LogP contribution < -0.4 is 4.72 Å². The molecule has 1 saturated heterocycles. The molecule has 1 N–H and O–H groups in total. The van der Waals surface area contributed by atoms with E-state index in [4.69, 9.17) is 20.9 Å². The van der Waals surface area contributed by atoms with E-state index in [1.165, 1.54) is 6.07 Å². The minimum Gasteiger partial charge on any atom is -0.378 e. The number of nitrogens with zero attached hydrogens (tertiary/aromatic N) is 3. The summed E-state index contributed by atoms with van der Waals surface area (Å²) in [6, 6.07) is 7.95. The molecule has 1 aromatic carbocycles. The molecule has 9 nitrogen and oxygen atoms in total. The minimum atomic E-state index is -3.84. The van der Waals surface area contributed by atoms with Gasteiger partial charge >= 0.3 is 11.8 Å². The third-order valence-electron chi connectivity index (χ3n) is 4.12. The second-order valence-corrected chi connectivity index (χ2v) is 9.30. The van der Waals surface area contributed by atoms with Crippen LogP contribution in [-0.2, 0) is 14.8 Å². The van der Waals surface area contributed by atoms with Crippen molar-refractivity contribution in [1.29, 1.82) is 0 Å². The Kier molecular flexibility index (Phi) is 5.54. The molecule has 3 heterocycles. The minimum absolute atomic E-state index is 0.0540. The molecule has 1 aliphatic rings. The summed E-state index contributed by atoms with van der Waals surface area (Å²) in [6.45, 7) is 1.81. The zero-order chi connectivity index (χ0) is 20.4. The number of carbonyl (C=O) groups excluding carboxylic acids is 1. The van der Waals surface area contributed by atoms with Crippen molar-refractivity contribution in [2.24, 2.45) is 0 Å². The highest BCUT2D eigenvalue weighted by Gasteiger charge is 2.25. The Morgan fingerprint density at radius 3 is 2.76 bits per heavy atom. The zero-order valence-corrected chi connectivity index (χ0v) is 17.3. The van der Waals surface area contributed by atoms with Crippen molar-refractivity contribution < 1.29 is 22.5 Å². The van der Waals surface area contributed by atoms with E-state index in [1.54, 1.807) is 34.5 Å². The summed E-state index contributed by atoms with van der Waals surface area (Å²) < 4.78 is 38.0. The fraction of sp³-hybridized carbons (Fsp3) is 0.235. The number of morpholine rings is 1. The molecule has 0 unspecified atom stereocenters. The Balaban J connectivity index is 1.52. The Labute approximate surface area is 175 Å². The highest BCUT2D eigenvalue weighted by molar-refractivity contribution is 7.94. The van der Waals surface area contributed by atoms with Gasteiger partial charge in [-0.3, -0.25) is 9.52 Å². The van der Waals surface area contributed by atoms with E-state index in [0.717, 1.165) is 11.3 Å². The van der Waals surface area contributed by atoms with Gasteiger partial charge in [-0.05, 0) is 18.2 Å². The van der Waals surface area contributed by atoms with Crippen molar-refractivity contribution in [1.82, 2.24) is 15.0 Å². The van der Waals surface area contributed by atoms with E-state index in [2.05, 4.69) is 14.9 Å². The summed E-state index contributed by atoms with van der Waals surface area (Å²) >= 11 is 7.01. The average Bonchev–Trinajstić information content (AvgIpc) is 3.40. The van der Waals surface area contributed by atoms with Crippen LogP contribution in [0.15, 0.2) is 44.4 Å². The van der Waals surface area contributed by atoms with Gasteiger partial charge in [0.2, 0.25) is 5.82 Å². The maximum absolute atomic E-state index is 12.6. The lowest BCUT2D eigenvalue weighted by Crippen LogP contribution is -2.40. The maximum Gasteiger partial charge on any atom is 0.316 e. The number of halogens is 1. The van der Waals surface area contributed by atoms with Gasteiger partial charge in [0.15, 0.2) is 0 Å². The highest BCUT2D eigenvalue weighted by atomic mass is 35.5. The molecule has 0 aliphatic carbocycles. The van der Waals surface area contributed by atoms with Gasteiger partial charge in [0.05, 0.1) is 23.9 Å². The van der Waals surface area contributed by atoms with Gasteiger partial charge in [0.25, 0.3) is 10.0 Å². The largest absolute Gasteiger partial charge is 0.378 e. The number of anilines is 1. The smallest absolute Gasteiger partial charge is 0.316 e. The Hall–Kier alpha value is -2.47. The third-order valence-corrected chi connectivity index (χ3v) is 7.26. The summed E-state index contributed by atoms with van der Waals surface area (Å²) in [6.07, 6.45) is 0. The lowest BCUT2D eigenvalue weighted by atomic mass is 10.3. The molecule has 4 rings (SSSR count). The SMILES string of the molecule is O=C(c1nc(-c2csc(S(=O)(=O)Nc3ccccc3Cl)c2)no1)N1CCOCC1. The molecule has 1 fully saturated rings. The van der Waals surface area contributed by atoms with Crippen LogP contribution in [0, 0.1) is 0 Å². The van der Waals surface area contributed by atoms with Crippen LogP contribution in [0.3, 0.4) is 0 Å². The number of sulfonamides is 1. The van der Waals surface area contributed by atoms with Gasteiger partial charge < -0.3 is 14.2 Å². The zero-order valence-electron chi connectivity index (χ0n) is 14.9. The molecule has 1 aliphatic heterocycles. The number of carbonyl (C=O) groups is 1. The Bertz CT molecular complexity index is 1140. The summed E-state index contributed by atoms with van der Waals surface area (Å²) in [4.78, 5) is 18.1. The number of rotatable bonds is 5. The average molecular weight is 455 g/mol. The van der Waals surface area contributed by atoms with Crippen LogP contribution in [0.25, 0.3) is 11.4 Å². The molecular weight excluding hydrogens is 440 g/mol. The number of hydrogen-bond acceptors (Lipinski definition) is 8.